The van der Waals surface area contributed by atoms with Crippen LogP contribution in [0.25, 0.3) is 0 Å². The summed E-state index contributed by atoms with van der Waals surface area (Å²) in [6.45, 7) is 2.66. The molecule has 2 rings (SSSR count). The molecule has 0 radical (unpaired) electrons. The molecule has 2 saturated heterocycles. The number of aliphatic hydroxyl groups excluding tert-OH is 8. The zero-order valence-electron chi connectivity index (χ0n) is 48.7. The Morgan fingerprint density at radius 2 is 0.844 bits per heavy atom. The third kappa shape index (κ3) is 34.3. The Morgan fingerprint density at radius 3 is 1.26 bits per heavy atom. The van der Waals surface area contributed by atoms with Crippen LogP contribution in [0, 0.1) is 0 Å². The van der Waals surface area contributed by atoms with E-state index < -0.39 is 86.8 Å². The predicted molar refractivity (Wildman–Crippen MR) is 309 cm³/mol. The van der Waals surface area contributed by atoms with Crippen LogP contribution in [0.1, 0.15) is 264 Å². The van der Waals surface area contributed by atoms with E-state index in [1.807, 2.05) is 6.08 Å². The SMILES string of the molecule is CC/C=C/CC/C=C/CC/C=C/C(O)C(COC1OC(CO)C(OC2OC(CO)C(O)C(O)C2O)C(O)C1O)NC(=O)CCCCCCCCCCCCCCCCCCCCCCCCCCCCCCCCCCC. The van der Waals surface area contributed by atoms with Gasteiger partial charge in [0.2, 0.25) is 5.91 Å². The van der Waals surface area contributed by atoms with E-state index in [1.165, 1.54) is 186 Å². The molecule has 0 saturated carbocycles. The van der Waals surface area contributed by atoms with Crippen LogP contribution in [0.3, 0.4) is 0 Å². The molecule has 2 aliphatic rings. The summed E-state index contributed by atoms with van der Waals surface area (Å²) >= 11 is 0. The second-order valence-electron chi connectivity index (χ2n) is 22.5. The molecule has 12 atom stereocenters. The van der Waals surface area contributed by atoms with Crippen molar-refractivity contribution < 1.29 is 64.6 Å². The Balaban J connectivity index is 1.59. The highest BCUT2D eigenvalue weighted by molar-refractivity contribution is 5.76. The fourth-order valence-corrected chi connectivity index (χ4v) is 10.5. The summed E-state index contributed by atoms with van der Waals surface area (Å²) in [7, 11) is 0. The average molecular weight is 1100 g/mol. The fraction of sp³-hybridized carbons (Fsp3) is 0.889. The van der Waals surface area contributed by atoms with E-state index in [0.717, 1.165) is 44.9 Å². The van der Waals surface area contributed by atoms with Gasteiger partial charge in [0.1, 0.15) is 48.8 Å². The number of ether oxygens (including phenoxy) is 4. The fourth-order valence-electron chi connectivity index (χ4n) is 10.5. The van der Waals surface area contributed by atoms with Gasteiger partial charge in [-0.3, -0.25) is 4.79 Å². The highest BCUT2D eigenvalue weighted by atomic mass is 16.7. The van der Waals surface area contributed by atoms with Crippen molar-refractivity contribution in [3.05, 3.63) is 36.5 Å². The largest absolute Gasteiger partial charge is 0.394 e. The molecule has 0 aromatic rings. The lowest BCUT2D eigenvalue weighted by atomic mass is 9.97. The normalized spacial score (nSPS) is 24.9. The Hall–Kier alpha value is -1.79. The van der Waals surface area contributed by atoms with E-state index in [0.29, 0.717) is 12.8 Å². The van der Waals surface area contributed by atoms with Crippen molar-refractivity contribution in [1.29, 1.82) is 0 Å². The van der Waals surface area contributed by atoms with Gasteiger partial charge in [-0.15, -0.1) is 0 Å². The Kier molecular flexibility index (Phi) is 45.3. The first-order chi connectivity index (χ1) is 37.6. The molecule has 77 heavy (non-hydrogen) atoms. The minimum atomic E-state index is -1.79. The lowest BCUT2D eigenvalue weighted by Gasteiger charge is -2.46. The molecule has 0 aromatic heterocycles. The first-order valence-electron chi connectivity index (χ1n) is 31.7. The van der Waals surface area contributed by atoms with Gasteiger partial charge < -0.3 is 65.1 Å². The smallest absolute Gasteiger partial charge is 0.220 e. The molecule has 2 aliphatic heterocycles. The number of aliphatic hydroxyl groups is 8. The van der Waals surface area contributed by atoms with Crippen molar-refractivity contribution in [2.75, 3.05) is 19.8 Å². The van der Waals surface area contributed by atoms with Crippen LogP contribution in [0.2, 0.25) is 0 Å². The number of rotatable bonds is 51. The molecule has 2 heterocycles. The van der Waals surface area contributed by atoms with Crippen LogP contribution in [0.5, 0.6) is 0 Å². The predicted octanol–water partition coefficient (Wildman–Crippen LogP) is 11.4. The summed E-state index contributed by atoms with van der Waals surface area (Å²) in [6.07, 6.45) is 44.0. The average Bonchev–Trinajstić information content (AvgIpc) is 3.44. The Morgan fingerprint density at radius 1 is 0.468 bits per heavy atom. The van der Waals surface area contributed by atoms with Gasteiger partial charge in [0.05, 0.1) is 32.0 Å². The maximum atomic E-state index is 13.2. The monoisotopic (exact) mass is 1100 g/mol. The summed E-state index contributed by atoms with van der Waals surface area (Å²) in [4.78, 5) is 13.2. The topological polar surface area (TPSA) is 228 Å². The van der Waals surface area contributed by atoms with Crippen molar-refractivity contribution in [2.24, 2.45) is 0 Å². The van der Waals surface area contributed by atoms with Crippen molar-refractivity contribution in [2.45, 2.75) is 338 Å². The van der Waals surface area contributed by atoms with E-state index in [9.17, 15) is 45.6 Å². The van der Waals surface area contributed by atoms with E-state index >= 15 is 0 Å². The molecule has 14 heteroatoms. The molecular weight excluding hydrogens is 979 g/mol. The third-order valence-electron chi connectivity index (χ3n) is 15.6. The van der Waals surface area contributed by atoms with Gasteiger partial charge in [0.15, 0.2) is 12.6 Å². The summed E-state index contributed by atoms with van der Waals surface area (Å²) < 4.78 is 22.7. The van der Waals surface area contributed by atoms with Crippen LogP contribution >= 0.6 is 0 Å². The number of allylic oxidation sites excluding steroid dienone is 5. The molecule has 452 valence electrons. The van der Waals surface area contributed by atoms with Crippen LogP contribution in [0.4, 0.5) is 0 Å². The number of nitrogens with one attached hydrogen (secondary N) is 1. The van der Waals surface area contributed by atoms with Crippen molar-refractivity contribution in [1.82, 2.24) is 5.32 Å². The highest BCUT2D eigenvalue weighted by Gasteiger charge is 2.51. The number of hydrogen-bond acceptors (Lipinski definition) is 13. The molecule has 0 bridgehead atoms. The van der Waals surface area contributed by atoms with Crippen LogP contribution in [-0.2, 0) is 23.7 Å². The Labute approximate surface area is 468 Å². The number of amides is 1. The number of carbonyl (C=O) groups is 1. The highest BCUT2D eigenvalue weighted by Crippen LogP contribution is 2.30. The van der Waals surface area contributed by atoms with Gasteiger partial charge in [-0.2, -0.15) is 0 Å². The maximum absolute atomic E-state index is 13.2. The number of hydrogen-bond donors (Lipinski definition) is 9. The molecule has 0 spiro atoms. The van der Waals surface area contributed by atoms with Crippen LogP contribution in [0.15, 0.2) is 36.5 Å². The van der Waals surface area contributed by atoms with Gasteiger partial charge >= 0.3 is 0 Å². The molecular formula is C63H117NO13. The van der Waals surface area contributed by atoms with Crippen molar-refractivity contribution >= 4 is 5.91 Å². The molecule has 0 aliphatic carbocycles. The first kappa shape index (κ1) is 71.3. The molecule has 2 fully saturated rings. The molecule has 0 aromatic carbocycles. The molecule has 12 unspecified atom stereocenters. The van der Waals surface area contributed by atoms with Crippen LogP contribution < -0.4 is 5.32 Å². The summed E-state index contributed by atoms with van der Waals surface area (Å²) in [6, 6.07) is -0.934. The zero-order chi connectivity index (χ0) is 56.0. The summed E-state index contributed by atoms with van der Waals surface area (Å²) in [5.74, 6) is -0.252. The second-order valence-corrected chi connectivity index (χ2v) is 22.5. The van der Waals surface area contributed by atoms with E-state index in [-0.39, 0.29) is 18.9 Å². The van der Waals surface area contributed by atoms with Crippen molar-refractivity contribution in [3.63, 3.8) is 0 Å². The number of unbranched alkanes of at least 4 members (excludes halogenated alkanes) is 34. The van der Waals surface area contributed by atoms with Gasteiger partial charge in [0.25, 0.3) is 0 Å². The molecule has 9 N–H and O–H groups in total. The lowest BCUT2D eigenvalue weighted by Crippen LogP contribution is -2.65. The summed E-state index contributed by atoms with van der Waals surface area (Å²) in [5, 5.41) is 86.8. The van der Waals surface area contributed by atoms with E-state index in [2.05, 4.69) is 43.5 Å². The zero-order valence-corrected chi connectivity index (χ0v) is 48.7. The number of carbonyl (C=O) groups excluding carboxylic acids is 1. The van der Waals surface area contributed by atoms with Gasteiger partial charge in [0, 0.05) is 6.42 Å². The quantitative estimate of drug-likeness (QED) is 0.0204. The van der Waals surface area contributed by atoms with Crippen LogP contribution in [-0.4, -0.2) is 140 Å². The third-order valence-corrected chi connectivity index (χ3v) is 15.6. The Bertz CT molecular complexity index is 1430. The van der Waals surface area contributed by atoms with Gasteiger partial charge in [-0.05, 0) is 38.5 Å². The first-order valence-corrected chi connectivity index (χ1v) is 31.7. The minimum absolute atomic E-state index is 0.252. The molecule has 1 amide bonds. The van der Waals surface area contributed by atoms with Gasteiger partial charge in [-0.25, -0.2) is 0 Å². The molecule has 14 nitrogen and oxygen atoms in total. The minimum Gasteiger partial charge on any atom is -0.394 e. The maximum Gasteiger partial charge on any atom is 0.220 e. The van der Waals surface area contributed by atoms with E-state index in [4.69, 9.17) is 18.9 Å². The summed E-state index contributed by atoms with van der Waals surface area (Å²) in [5.41, 5.74) is 0. The van der Waals surface area contributed by atoms with Gasteiger partial charge in [-0.1, -0.05) is 256 Å². The second kappa shape index (κ2) is 48.9. The lowest BCUT2D eigenvalue weighted by molar-refractivity contribution is -0.359. The van der Waals surface area contributed by atoms with Crippen molar-refractivity contribution in [3.8, 4) is 0 Å². The standard InChI is InChI=1S/C63H117NO13/c1-3-5-7-9-11-13-15-16-17-18-19-20-21-22-23-24-25-26-27-28-29-30-31-32-33-34-35-36-37-39-41-43-45-47-55(68)64-51(52(67)46-44-42-40-38-14-12-10-8-6-4-2)50-74-62-60(73)58(71)61(54(49-66)76-62)77-63-59(72)57(70)56(69)53(48-65)75-63/h6,8,14,38,44,46,51-54,56-63,65-67,69-73H,3-5,7,9-13,15-37,39-43,45,47-50H2,1-2H3,(H,64,68)/b8-6+,38-14+,46-44+. The van der Waals surface area contributed by atoms with E-state index in [1.54, 1.807) is 6.08 Å².